The van der Waals surface area contributed by atoms with Crippen molar-refractivity contribution in [1.82, 2.24) is 0 Å². The van der Waals surface area contributed by atoms with E-state index < -0.39 is 26.5 Å². The molecule has 0 bridgehead atoms. The van der Waals surface area contributed by atoms with Crippen LogP contribution < -0.4 is 4.74 Å². The number of methoxy groups -OCH3 is 1. The molecule has 14 heavy (non-hydrogen) atoms. The van der Waals surface area contributed by atoms with Gasteiger partial charge in [-0.3, -0.25) is 4.55 Å². The molecule has 0 aliphatic heterocycles. The molecule has 0 unspecified atom stereocenters. The fourth-order valence-corrected chi connectivity index (χ4v) is 1.39. The summed E-state index contributed by atoms with van der Waals surface area (Å²) in [6, 6.07) is 1.61. The molecule has 0 radical (unpaired) electrons. The van der Waals surface area contributed by atoms with Gasteiger partial charge < -0.3 is 14.9 Å². The number of ether oxygens (including phenoxy) is 1. The van der Waals surface area contributed by atoms with Crippen LogP contribution in [0.4, 0.5) is 0 Å². The van der Waals surface area contributed by atoms with E-state index in [1.54, 1.807) is 0 Å². The van der Waals surface area contributed by atoms with Crippen LogP contribution in [0.25, 0.3) is 0 Å². The molecular formula is C7H8O6S. The summed E-state index contributed by atoms with van der Waals surface area (Å²) in [4.78, 5) is -0.551. The molecule has 0 amide bonds. The Bertz CT molecular complexity index is 449. The van der Waals surface area contributed by atoms with Crippen LogP contribution in [0, 0.1) is 0 Å². The zero-order valence-electron chi connectivity index (χ0n) is 7.13. The lowest BCUT2D eigenvalue weighted by Crippen LogP contribution is -1.98. The summed E-state index contributed by atoms with van der Waals surface area (Å²) >= 11 is 0. The Morgan fingerprint density at radius 2 is 1.86 bits per heavy atom. The number of aromatic hydroxyl groups is 2. The zero-order valence-corrected chi connectivity index (χ0v) is 7.95. The minimum Gasteiger partial charge on any atom is -0.504 e. The van der Waals surface area contributed by atoms with Gasteiger partial charge in [0.1, 0.15) is 4.90 Å². The van der Waals surface area contributed by atoms with E-state index in [4.69, 9.17) is 14.8 Å². The first-order valence-corrected chi connectivity index (χ1v) is 4.87. The molecule has 0 aliphatic carbocycles. The summed E-state index contributed by atoms with van der Waals surface area (Å²) in [5.74, 6) is -1.51. The Balaban J connectivity index is 3.46. The van der Waals surface area contributed by atoms with Crippen molar-refractivity contribution in [2.24, 2.45) is 0 Å². The fourth-order valence-electron chi connectivity index (χ4n) is 0.873. The van der Waals surface area contributed by atoms with Gasteiger partial charge >= 0.3 is 0 Å². The van der Waals surface area contributed by atoms with Crippen LogP contribution in [0.1, 0.15) is 0 Å². The summed E-state index contributed by atoms with van der Waals surface area (Å²) < 4.78 is 34.6. The predicted octanol–water partition coefficient (Wildman–Crippen LogP) is 0.353. The van der Waals surface area contributed by atoms with Crippen LogP contribution in [0.2, 0.25) is 0 Å². The minimum atomic E-state index is -4.43. The van der Waals surface area contributed by atoms with E-state index in [1.807, 2.05) is 0 Å². The Morgan fingerprint density at radius 3 is 2.29 bits per heavy atom. The van der Waals surface area contributed by atoms with E-state index in [-0.39, 0.29) is 5.75 Å². The third kappa shape index (κ3) is 1.88. The lowest BCUT2D eigenvalue weighted by molar-refractivity contribution is 0.348. The Morgan fingerprint density at radius 1 is 1.29 bits per heavy atom. The van der Waals surface area contributed by atoms with Crippen molar-refractivity contribution in [2.75, 3.05) is 7.11 Å². The highest BCUT2D eigenvalue weighted by Gasteiger charge is 2.16. The summed E-state index contributed by atoms with van der Waals surface area (Å²) in [5.41, 5.74) is 0. The third-order valence-corrected chi connectivity index (χ3v) is 2.38. The number of rotatable bonds is 2. The largest absolute Gasteiger partial charge is 0.504 e. The predicted molar refractivity (Wildman–Crippen MR) is 46.1 cm³/mol. The standard InChI is InChI=1S/C7H8O6S/c1-13-6-3-4(14(10,11)12)2-5(8)7(6)9/h2-3,8-9H,1H3,(H,10,11,12). The smallest absolute Gasteiger partial charge is 0.294 e. The molecule has 3 N–H and O–H groups in total. The van der Waals surface area contributed by atoms with Crippen LogP contribution in [0.3, 0.4) is 0 Å². The van der Waals surface area contributed by atoms with Gasteiger partial charge in [0, 0.05) is 12.1 Å². The minimum absolute atomic E-state index is 0.238. The van der Waals surface area contributed by atoms with Crippen molar-refractivity contribution >= 4 is 10.1 Å². The van der Waals surface area contributed by atoms with Gasteiger partial charge in [-0.1, -0.05) is 0 Å². The first-order valence-electron chi connectivity index (χ1n) is 3.43. The molecule has 0 heterocycles. The third-order valence-electron chi connectivity index (χ3n) is 1.55. The van der Waals surface area contributed by atoms with Gasteiger partial charge in [-0.15, -0.1) is 0 Å². The highest BCUT2D eigenvalue weighted by Crippen LogP contribution is 2.37. The Labute approximate surface area is 80.1 Å². The van der Waals surface area contributed by atoms with E-state index >= 15 is 0 Å². The maximum Gasteiger partial charge on any atom is 0.294 e. The van der Waals surface area contributed by atoms with Crippen molar-refractivity contribution in [2.45, 2.75) is 4.90 Å². The monoisotopic (exact) mass is 220 g/mol. The van der Waals surface area contributed by atoms with Crippen molar-refractivity contribution < 1.29 is 27.9 Å². The van der Waals surface area contributed by atoms with Crippen molar-refractivity contribution in [3.63, 3.8) is 0 Å². The van der Waals surface area contributed by atoms with Crippen LogP contribution in [-0.4, -0.2) is 30.3 Å². The van der Waals surface area contributed by atoms with Gasteiger partial charge in [-0.2, -0.15) is 8.42 Å². The summed E-state index contributed by atoms with van der Waals surface area (Å²) in [5, 5.41) is 18.2. The molecule has 1 rings (SSSR count). The van der Waals surface area contributed by atoms with E-state index in [1.165, 1.54) is 7.11 Å². The number of hydrogen-bond acceptors (Lipinski definition) is 5. The van der Waals surface area contributed by atoms with Gasteiger partial charge in [-0.05, 0) is 0 Å². The zero-order chi connectivity index (χ0) is 10.9. The van der Waals surface area contributed by atoms with Gasteiger partial charge in [-0.25, -0.2) is 0 Å². The number of hydrogen-bond donors (Lipinski definition) is 3. The highest BCUT2D eigenvalue weighted by molar-refractivity contribution is 7.85. The lowest BCUT2D eigenvalue weighted by Gasteiger charge is -2.06. The maximum atomic E-state index is 10.7. The van der Waals surface area contributed by atoms with Crippen molar-refractivity contribution in [3.05, 3.63) is 12.1 Å². The second kappa shape index (κ2) is 3.35. The average Bonchev–Trinajstić information content (AvgIpc) is 2.07. The molecule has 6 nitrogen and oxygen atoms in total. The van der Waals surface area contributed by atoms with E-state index in [2.05, 4.69) is 4.74 Å². The van der Waals surface area contributed by atoms with Crippen molar-refractivity contribution in [1.29, 1.82) is 0 Å². The van der Waals surface area contributed by atoms with Crippen LogP contribution in [0.5, 0.6) is 17.2 Å². The molecular weight excluding hydrogens is 212 g/mol. The quantitative estimate of drug-likeness (QED) is 0.490. The van der Waals surface area contributed by atoms with Crippen LogP contribution >= 0.6 is 0 Å². The number of benzene rings is 1. The normalized spacial score (nSPS) is 11.3. The van der Waals surface area contributed by atoms with E-state index in [0.29, 0.717) is 6.07 Å². The Hall–Kier alpha value is -1.47. The molecule has 1 aromatic carbocycles. The summed E-state index contributed by atoms with van der Waals surface area (Å²) in [6.07, 6.45) is 0. The lowest BCUT2D eigenvalue weighted by atomic mass is 10.3. The first kappa shape index (κ1) is 10.6. The van der Waals surface area contributed by atoms with Crippen molar-refractivity contribution in [3.8, 4) is 17.2 Å². The topological polar surface area (TPSA) is 104 Å². The van der Waals surface area contributed by atoms with Gasteiger partial charge in [0.05, 0.1) is 7.11 Å². The second-order valence-corrected chi connectivity index (χ2v) is 3.89. The molecule has 0 saturated carbocycles. The molecule has 7 heteroatoms. The summed E-state index contributed by atoms with van der Waals surface area (Å²) in [7, 11) is -3.24. The molecule has 0 atom stereocenters. The molecule has 0 fully saturated rings. The average molecular weight is 220 g/mol. The van der Waals surface area contributed by atoms with E-state index in [0.717, 1.165) is 6.07 Å². The van der Waals surface area contributed by atoms with Gasteiger partial charge in [0.25, 0.3) is 10.1 Å². The highest BCUT2D eigenvalue weighted by atomic mass is 32.2. The van der Waals surface area contributed by atoms with E-state index in [9.17, 15) is 8.42 Å². The van der Waals surface area contributed by atoms with Crippen LogP contribution in [0.15, 0.2) is 17.0 Å². The molecule has 0 spiro atoms. The molecule has 0 aliphatic rings. The molecule has 1 aromatic rings. The maximum absolute atomic E-state index is 10.7. The molecule has 0 saturated heterocycles. The number of phenolic OH excluding ortho intramolecular Hbond substituents is 2. The second-order valence-electron chi connectivity index (χ2n) is 2.47. The number of phenols is 2. The summed E-state index contributed by atoms with van der Waals surface area (Å²) in [6.45, 7) is 0. The molecule has 78 valence electrons. The SMILES string of the molecule is COc1cc(S(=O)(=O)O)cc(O)c1O. The molecule has 0 aromatic heterocycles. The fraction of sp³-hybridized carbons (Fsp3) is 0.143. The Kier molecular flexibility index (Phi) is 2.54. The van der Waals surface area contributed by atoms with Gasteiger partial charge in [0.15, 0.2) is 11.5 Å². The first-order chi connectivity index (χ1) is 6.36. The van der Waals surface area contributed by atoms with Gasteiger partial charge in [0.2, 0.25) is 5.75 Å². The van der Waals surface area contributed by atoms with Crippen LogP contribution in [-0.2, 0) is 10.1 Å².